The fourth-order valence-corrected chi connectivity index (χ4v) is 4.32. The molecule has 1 aromatic heterocycles. The molecule has 0 saturated carbocycles. The Balaban J connectivity index is 1.32. The molecule has 0 spiro atoms. The van der Waals surface area contributed by atoms with Crippen LogP contribution < -0.4 is 0 Å². The molecule has 0 radical (unpaired) electrons. The summed E-state index contributed by atoms with van der Waals surface area (Å²) < 4.78 is 17.4. The van der Waals surface area contributed by atoms with Gasteiger partial charge in [-0.05, 0) is 6.42 Å². The molecule has 4 heterocycles. The van der Waals surface area contributed by atoms with Crippen molar-refractivity contribution in [3.63, 3.8) is 0 Å². The van der Waals surface area contributed by atoms with E-state index < -0.39 is 48.7 Å². The van der Waals surface area contributed by atoms with Crippen LogP contribution in [-0.2, 0) is 32.1 Å². The minimum Gasteiger partial charge on any atom is -0.469 e. The summed E-state index contributed by atoms with van der Waals surface area (Å²) in [4.78, 5) is 13.5. The van der Waals surface area contributed by atoms with Gasteiger partial charge >= 0.3 is 5.97 Å². The molecule has 0 aliphatic carbocycles. The fourth-order valence-electron chi connectivity index (χ4n) is 4.32. The van der Waals surface area contributed by atoms with Crippen LogP contribution in [0.25, 0.3) is 0 Å². The standard InChI is InChI=1S/C18H28N4O8/c1-28-14(23)4-11-16(25)18(27)13(30-11)8-22-6-9(19-20-22)5-21-3-2-10-15(24)17(26)12(7-21)29-10/h6,10-13,15-18,24-27H,2-5,7-8H2,1H3/t10-,11-,12+,13+,15-,16-,17+,18+/m0/s1. The first kappa shape index (κ1) is 21.6. The number of carbonyl (C=O) groups is 1. The van der Waals surface area contributed by atoms with Gasteiger partial charge in [-0.1, -0.05) is 5.21 Å². The van der Waals surface area contributed by atoms with Crippen molar-refractivity contribution in [2.45, 2.75) is 74.8 Å². The number of ether oxygens (including phenoxy) is 3. The number of aliphatic hydroxyl groups is 4. The van der Waals surface area contributed by atoms with Crippen LogP contribution in [-0.4, -0.2) is 115 Å². The molecule has 12 nitrogen and oxygen atoms in total. The Morgan fingerprint density at radius 3 is 2.63 bits per heavy atom. The molecule has 3 aliphatic rings. The van der Waals surface area contributed by atoms with Crippen molar-refractivity contribution in [2.24, 2.45) is 0 Å². The molecule has 3 saturated heterocycles. The van der Waals surface area contributed by atoms with Crippen molar-refractivity contribution >= 4 is 5.97 Å². The number of aromatic nitrogens is 3. The number of hydrogen-bond donors (Lipinski definition) is 4. The summed E-state index contributed by atoms with van der Waals surface area (Å²) in [5.74, 6) is -0.525. The second-order valence-corrected chi connectivity index (χ2v) is 8.12. The van der Waals surface area contributed by atoms with Gasteiger partial charge in [-0.15, -0.1) is 5.10 Å². The van der Waals surface area contributed by atoms with E-state index in [0.29, 0.717) is 31.7 Å². The van der Waals surface area contributed by atoms with Crippen molar-refractivity contribution in [1.82, 2.24) is 19.9 Å². The molecule has 4 rings (SSSR count). The Morgan fingerprint density at radius 2 is 1.87 bits per heavy atom. The summed E-state index contributed by atoms with van der Waals surface area (Å²) >= 11 is 0. The van der Waals surface area contributed by atoms with E-state index in [0.717, 1.165) is 0 Å². The Bertz CT molecular complexity index is 748. The zero-order chi connectivity index (χ0) is 21.4. The van der Waals surface area contributed by atoms with E-state index in [1.165, 1.54) is 11.8 Å². The molecule has 0 amide bonds. The van der Waals surface area contributed by atoms with Crippen LogP contribution in [0.15, 0.2) is 6.20 Å². The lowest BCUT2D eigenvalue weighted by atomic mass is 10.0. The van der Waals surface area contributed by atoms with Gasteiger partial charge in [0, 0.05) is 25.8 Å². The number of nitrogens with zero attached hydrogens (tertiary/aromatic N) is 4. The van der Waals surface area contributed by atoms with Gasteiger partial charge < -0.3 is 34.6 Å². The lowest BCUT2D eigenvalue weighted by Crippen LogP contribution is -2.42. The average Bonchev–Trinajstić information content (AvgIpc) is 3.28. The molecule has 0 unspecified atom stereocenters. The van der Waals surface area contributed by atoms with E-state index >= 15 is 0 Å². The largest absolute Gasteiger partial charge is 0.469 e. The first-order valence-electron chi connectivity index (χ1n) is 10.1. The summed E-state index contributed by atoms with van der Waals surface area (Å²) in [6, 6.07) is 0. The van der Waals surface area contributed by atoms with Crippen LogP contribution in [0.3, 0.4) is 0 Å². The third kappa shape index (κ3) is 4.35. The number of aliphatic hydroxyl groups excluding tert-OH is 4. The second-order valence-electron chi connectivity index (χ2n) is 8.12. The molecule has 30 heavy (non-hydrogen) atoms. The van der Waals surface area contributed by atoms with Crippen molar-refractivity contribution < 1.29 is 39.4 Å². The third-order valence-corrected chi connectivity index (χ3v) is 6.02. The number of fused-ring (bicyclic) bond motifs is 2. The number of rotatable bonds is 6. The molecular formula is C18H28N4O8. The molecule has 3 fully saturated rings. The number of carbonyl (C=O) groups excluding carboxylic acids is 1. The fraction of sp³-hybridized carbons (Fsp3) is 0.833. The van der Waals surface area contributed by atoms with E-state index in [1.807, 2.05) is 0 Å². The van der Waals surface area contributed by atoms with Crippen molar-refractivity contribution in [2.75, 3.05) is 20.2 Å². The third-order valence-electron chi connectivity index (χ3n) is 6.02. The number of esters is 1. The summed E-state index contributed by atoms with van der Waals surface area (Å²) in [6.45, 7) is 1.84. The Kier molecular flexibility index (Phi) is 6.34. The maximum Gasteiger partial charge on any atom is 0.308 e. The minimum atomic E-state index is -1.19. The zero-order valence-electron chi connectivity index (χ0n) is 16.6. The first-order valence-corrected chi connectivity index (χ1v) is 10.1. The smallest absolute Gasteiger partial charge is 0.308 e. The highest BCUT2D eigenvalue weighted by atomic mass is 16.6. The topological polar surface area (TPSA) is 160 Å². The predicted molar refractivity (Wildman–Crippen MR) is 97.9 cm³/mol. The molecule has 2 bridgehead atoms. The van der Waals surface area contributed by atoms with Crippen LogP contribution in [0.5, 0.6) is 0 Å². The number of hydrogen-bond acceptors (Lipinski definition) is 11. The first-order chi connectivity index (χ1) is 14.4. The lowest BCUT2D eigenvalue weighted by molar-refractivity contribution is -0.144. The minimum absolute atomic E-state index is 0.145. The number of likely N-dealkylation sites (tertiary alicyclic amines) is 1. The molecule has 4 N–H and O–H groups in total. The summed E-state index contributed by atoms with van der Waals surface area (Å²) in [7, 11) is 1.25. The van der Waals surface area contributed by atoms with Gasteiger partial charge in [0.2, 0.25) is 0 Å². The highest BCUT2D eigenvalue weighted by Crippen LogP contribution is 2.28. The molecular weight excluding hydrogens is 400 g/mol. The quantitative estimate of drug-likeness (QED) is 0.343. The Hall–Kier alpha value is -1.67. The summed E-state index contributed by atoms with van der Waals surface area (Å²) in [6.07, 6.45) is -4.23. The van der Waals surface area contributed by atoms with Gasteiger partial charge in [-0.25, -0.2) is 4.68 Å². The molecule has 168 valence electrons. The highest BCUT2D eigenvalue weighted by molar-refractivity contribution is 5.69. The van der Waals surface area contributed by atoms with Gasteiger partial charge in [0.05, 0.1) is 44.1 Å². The van der Waals surface area contributed by atoms with Gasteiger partial charge in [0.1, 0.15) is 30.5 Å². The van der Waals surface area contributed by atoms with Crippen LogP contribution in [0.4, 0.5) is 0 Å². The average molecular weight is 428 g/mol. The molecule has 0 aromatic carbocycles. The summed E-state index contributed by atoms with van der Waals surface area (Å²) in [5.41, 5.74) is 0.696. The van der Waals surface area contributed by atoms with E-state index in [4.69, 9.17) is 9.47 Å². The van der Waals surface area contributed by atoms with Crippen LogP contribution in [0, 0.1) is 0 Å². The van der Waals surface area contributed by atoms with Crippen LogP contribution >= 0.6 is 0 Å². The Labute approximate surface area is 172 Å². The predicted octanol–water partition coefficient (Wildman–Crippen LogP) is -2.97. The SMILES string of the molecule is COC(=O)C[C@@H]1O[C@H](Cn2cc(CN3CC[C@@H]4O[C@H](C3)[C@@H](O)[C@H]4O)nn2)[C@@H](O)[C@H]1O. The van der Waals surface area contributed by atoms with Crippen molar-refractivity contribution in [3.8, 4) is 0 Å². The number of methoxy groups -OCH3 is 1. The Morgan fingerprint density at radius 1 is 1.13 bits per heavy atom. The molecule has 1 aromatic rings. The van der Waals surface area contributed by atoms with Gasteiger partial charge in [-0.2, -0.15) is 0 Å². The maximum absolute atomic E-state index is 11.4. The van der Waals surface area contributed by atoms with Gasteiger partial charge in [-0.3, -0.25) is 9.69 Å². The van der Waals surface area contributed by atoms with Crippen molar-refractivity contribution in [3.05, 3.63) is 11.9 Å². The highest BCUT2D eigenvalue weighted by Gasteiger charge is 2.45. The maximum atomic E-state index is 11.4. The van der Waals surface area contributed by atoms with E-state index in [2.05, 4.69) is 19.9 Å². The zero-order valence-corrected chi connectivity index (χ0v) is 16.6. The van der Waals surface area contributed by atoms with E-state index in [1.54, 1.807) is 6.20 Å². The molecule has 8 atom stereocenters. The molecule has 3 aliphatic heterocycles. The van der Waals surface area contributed by atoms with Gasteiger partial charge in [0.25, 0.3) is 0 Å². The normalized spacial score (nSPS) is 39.2. The van der Waals surface area contributed by atoms with E-state index in [-0.39, 0.29) is 19.1 Å². The van der Waals surface area contributed by atoms with E-state index in [9.17, 15) is 25.2 Å². The monoisotopic (exact) mass is 428 g/mol. The molecule has 12 heteroatoms. The van der Waals surface area contributed by atoms with Crippen LogP contribution in [0.1, 0.15) is 18.5 Å². The summed E-state index contributed by atoms with van der Waals surface area (Å²) in [5, 5.41) is 48.5. The van der Waals surface area contributed by atoms with Crippen LogP contribution in [0.2, 0.25) is 0 Å². The van der Waals surface area contributed by atoms with Crippen molar-refractivity contribution in [1.29, 1.82) is 0 Å². The lowest BCUT2D eigenvalue weighted by Gasteiger charge is -2.25. The van der Waals surface area contributed by atoms with Gasteiger partial charge in [0.15, 0.2) is 0 Å². The second kappa shape index (κ2) is 8.83.